The number of nitrogens with one attached hydrogen (secondary N) is 2. The van der Waals surface area contributed by atoms with Gasteiger partial charge in [-0.25, -0.2) is 0 Å². The van der Waals surface area contributed by atoms with E-state index >= 15 is 0 Å². The van der Waals surface area contributed by atoms with E-state index in [-0.39, 0.29) is 29.9 Å². The van der Waals surface area contributed by atoms with Gasteiger partial charge in [-0.15, -0.1) is 24.0 Å². The van der Waals surface area contributed by atoms with E-state index in [1.165, 1.54) is 19.3 Å². The van der Waals surface area contributed by atoms with Gasteiger partial charge in [-0.2, -0.15) is 0 Å². The number of ether oxygens (including phenoxy) is 1. The summed E-state index contributed by atoms with van der Waals surface area (Å²) in [5.41, 5.74) is 0. The summed E-state index contributed by atoms with van der Waals surface area (Å²) in [5.74, 6) is 2.08. The molecule has 1 heterocycles. The highest BCUT2D eigenvalue weighted by atomic mass is 127. The zero-order valence-electron chi connectivity index (χ0n) is 18.0. The van der Waals surface area contributed by atoms with Gasteiger partial charge in [0.05, 0.1) is 0 Å². The molecule has 2 N–H and O–H groups in total. The van der Waals surface area contributed by atoms with Gasteiger partial charge in [-0.3, -0.25) is 9.79 Å². The SMILES string of the molecule is CCNC(=NCCCOCC(C)C)NC1CCN(C(=O)C2CCCCC2)C1.I. The summed E-state index contributed by atoms with van der Waals surface area (Å²) in [4.78, 5) is 19.4. The first-order valence-electron chi connectivity index (χ1n) is 11.0. The maximum Gasteiger partial charge on any atom is 0.225 e. The Labute approximate surface area is 188 Å². The highest BCUT2D eigenvalue weighted by Gasteiger charge is 2.31. The van der Waals surface area contributed by atoms with Gasteiger partial charge in [-0.05, 0) is 38.5 Å². The molecule has 0 spiro atoms. The van der Waals surface area contributed by atoms with Gasteiger partial charge >= 0.3 is 0 Å². The van der Waals surface area contributed by atoms with Gasteiger partial charge in [0, 0.05) is 51.4 Å². The summed E-state index contributed by atoms with van der Waals surface area (Å²) in [6, 6.07) is 0.299. The van der Waals surface area contributed by atoms with Crippen LogP contribution in [0.2, 0.25) is 0 Å². The molecule has 1 saturated heterocycles. The van der Waals surface area contributed by atoms with Gasteiger partial charge in [0.15, 0.2) is 5.96 Å². The van der Waals surface area contributed by atoms with Crippen molar-refractivity contribution >= 4 is 35.8 Å². The summed E-state index contributed by atoms with van der Waals surface area (Å²) < 4.78 is 5.61. The molecule has 0 aromatic carbocycles. The maximum atomic E-state index is 12.7. The zero-order valence-corrected chi connectivity index (χ0v) is 20.4. The summed E-state index contributed by atoms with van der Waals surface area (Å²) in [6.45, 7) is 11.2. The van der Waals surface area contributed by atoms with Crippen LogP contribution in [0.25, 0.3) is 0 Å². The molecule has 0 radical (unpaired) electrons. The smallest absolute Gasteiger partial charge is 0.225 e. The van der Waals surface area contributed by atoms with Crippen LogP contribution in [0.15, 0.2) is 4.99 Å². The molecule has 164 valence electrons. The number of nitrogens with zero attached hydrogens (tertiary/aromatic N) is 2. The monoisotopic (exact) mass is 508 g/mol. The summed E-state index contributed by atoms with van der Waals surface area (Å²) >= 11 is 0. The second-order valence-corrected chi connectivity index (χ2v) is 8.33. The molecular formula is C21H41IN4O2. The molecule has 6 nitrogen and oxygen atoms in total. The molecule has 1 atom stereocenters. The van der Waals surface area contributed by atoms with E-state index in [0.717, 1.165) is 71.0 Å². The maximum absolute atomic E-state index is 12.7. The van der Waals surface area contributed by atoms with Crippen LogP contribution in [0, 0.1) is 11.8 Å². The minimum absolute atomic E-state index is 0. The molecule has 0 aromatic rings. The summed E-state index contributed by atoms with van der Waals surface area (Å²) in [5, 5.41) is 6.84. The van der Waals surface area contributed by atoms with Gasteiger partial charge in [-0.1, -0.05) is 33.1 Å². The second kappa shape index (κ2) is 14.4. The van der Waals surface area contributed by atoms with Crippen molar-refractivity contribution < 1.29 is 9.53 Å². The Kier molecular flexibility index (Phi) is 13.1. The minimum Gasteiger partial charge on any atom is -0.381 e. The van der Waals surface area contributed by atoms with Gasteiger partial charge < -0.3 is 20.3 Å². The Morgan fingerprint density at radius 1 is 1.21 bits per heavy atom. The standard InChI is InChI=1S/C21H40N4O2.HI/c1-4-22-21(23-12-8-14-27-16-17(2)3)24-19-11-13-25(15-19)20(26)18-9-6-5-7-10-18;/h17-19H,4-16H2,1-3H3,(H2,22,23,24);1H. The third-order valence-corrected chi connectivity index (χ3v) is 5.31. The van der Waals surface area contributed by atoms with Crippen LogP contribution in [-0.2, 0) is 9.53 Å². The van der Waals surface area contributed by atoms with Crippen LogP contribution >= 0.6 is 24.0 Å². The Morgan fingerprint density at radius 2 is 1.96 bits per heavy atom. The number of rotatable bonds is 9. The van der Waals surface area contributed by atoms with Crippen LogP contribution in [0.4, 0.5) is 0 Å². The molecule has 0 aromatic heterocycles. The van der Waals surface area contributed by atoms with Crippen LogP contribution < -0.4 is 10.6 Å². The average molecular weight is 508 g/mol. The van der Waals surface area contributed by atoms with Crippen LogP contribution in [0.5, 0.6) is 0 Å². The first-order chi connectivity index (χ1) is 13.1. The first-order valence-corrected chi connectivity index (χ1v) is 11.0. The normalized spacial score (nSPS) is 20.9. The van der Waals surface area contributed by atoms with Gasteiger partial charge in [0.25, 0.3) is 0 Å². The third kappa shape index (κ3) is 9.29. The lowest BCUT2D eigenvalue weighted by molar-refractivity contribution is -0.135. The lowest BCUT2D eigenvalue weighted by Crippen LogP contribution is -2.45. The Balaban J connectivity index is 0.00000392. The molecule has 1 saturated carbocycles. The fraction of sp³-hybridized carbons (Fsp3) is 0.905. The number of amides is 1. The van der Waals surface area contributed by atoms with E-state index in [1.54, 1.807) is 0 Å². The topological polar surface area (TPSA) is 66.0 Å². The van der Waals surface area contributed by atoms with Crippen molar-refractivity contribution in [1.29, 1.82) is 0 Å². The van der Waals surface area contributed by atoms with Crippen molar-refractivity contribution in [3.05, 3.63) is 0 Å². The van der Waals surface area contributed by atoms with Crippen molar-refractivity contribution in [1.82, 2.24) is 15.5 Å². The molecule has 1 aliphatic heterocycles. The lowest BCUT2D eigenvalue weighted by atomic mass is 9.88. The highest BCUT2D eigenvalue weighted by molar-refractivity contribution is 14.0. The van der Waals surface area contributed by atoms with E-state index < -0.39 is 0 Å². The lowest BCUT2D eigenvalue weighted by Gasteiger charge is -2.26. The van der Waals surface area contributed by atoms with Crippen molar-refractivity contribution in [3.8, 4) is 0 Å². The molecule has 1 aliphatic carbocycles. The van der Waals surface area contributed by atoms with E-state index in [9.17, 15) is 4.79 Å². The number of carbonyl (C=O) groups excluding carboxylic acids is 1. The number of aliphatic imine (C=N–C) groups is 1. The quantitative estimate of drug-likeness (QED) is 0.217. The number of carbonyl (C=O) groups is 1. The van der Waals surface area contributed by atoms with Crippen LogP contribution in [-0.4, -0.2) is 62.2 Å². The number of guanidine groups is 1. The Hall–Kier alpha value is -0.570. The number of halogens is 1. The fourth-order valence-corrected chi connectivity index (χ4v) is 3.88. The molecular weight excluding hydrogens is 467 g/mol. The largest absolute Gasteiger partial charge is 0.381 e. The summed E-state index contributed by atoms with van der Waals surface area (Å²) in [7, 11) is 0. The molecule has 2 fully saturated rings. The van der Waals surface area contributed by atoms with E-state index in [0.29, 0.717) is 17.9 Å². The molecule has 1 amide bonds. The van der Waals surface area contributed by atoms with Crippen molar-refractivity contribution in [3.63, 3.8) is 0 Å². The van der Waals surface area contributed by atoms with Crippen LogP contribution in [0.3, 0.4) is 0 Å². The predicted molar refractivity (Wildman–Crippen MR) is 126 cm³/mol. The van der Waals surface area contributed by atoms with Gasteiger partial charge in [0.2, 0.25) is 5.91 Å². The zero-order chi connectivity index (χ0) is 19.5. The molecule has 1 unspecified atom stereocenters. The number of hydrogen-bond acceptors (Lipinski definition) is 3. The molecule has 28 heavy (non-hydrogen) atoms. The highest BCUT2D eigenvalue weighted by Crippen LogP contribution is 2.26. The van der Waals surface area contributed by atoms with Gasteiger partial charge in [0.1, 0.15) is 0 Å². The fourth-order valence-electron chi connectivity index (χ4n) is 3.88. The Bertz CT molecular complexity index is 467. The molecule has 2 aliphatic rings. The summed E-state index contributed by atoms with van der Waals surface area (Å²) in [6.07, 6.45) is 7.81. The average Bonchev–Trinajstić information content (AvgIpc) is 3.13. The Morgan fingerprint density at radius 3 is 2.64 bits per heavy atom. The minimum atomic E-state index is 0. The van der Waals surface area contributed by atoms with Crippen LogP contribution in [0.1, 0.15) is 65.7 Å². The van der Waals surface area contributed by atoms with Crippen molar-refractivity contribution in [2.75, 3.05) is 39.4 Å². The predicted octanol–water partition coefficient (Wildman–Crippen LogP) is 3.40. The third-order valence-electron chi connectivity index (χ3n) is 5.31. The first kappa shape index (κ1) is 25.5. The second-order valence-electron chi connectivity index (χ2n) is 8.33. The van der Waals surface area contributed by atoms with E-state index in [1.807, 2.05) is 0 Å². The molecule has 0 bridgehead atoms. The number of hydrogen-bond donors (Lipinski definition) is 2. The van der Waals surface area contributed by atoms with E-state index in [2.05, 4.69) is 41.3 Å². The van der Waals surface area contributed by atoms with E-state index in [4.69, 9.17) is 4.74 Å². The number of likely N-dealkylation sites (tertiary alicyclic amines) is 1. The molecule has 2 rings (SSSR count). The molecule has 7 heteroatoms. The van der Waals surface area contributed by atoms with Crippen molar-refractivity contribution in [2.45, 2.75) is 71.8 Å². The van der Waals surface area contributed by atoms with Crippen molar-refractivity contribution in [2.24, 2.45) is 16.8 Å².